The molecule has 0 fully saturated rings. The second-order valence-electron chi connectivity index (χ2n) is 6.15. The van der Waals surface area contributed by atoms with Crippen LogP contribution >= 0.6 is 0 Å². The molecule has 1 N–H and O–H groups in total. The first kappa shape index (κ1) is 17.7. The molecule has 2 aromatic carbocycles. The number of carbonyl (C=O) groups is 2. The van der Waals surface area contributed by atoms with E-state index >= 15 is 0 Å². The maximum absolute atomic E-state index is 13.0. The smallest absolute Gasteiger partial charge is 0.338 e. The van der Waals surface area contributed by atoms with Crippen LogP contribution in [0, 0.1) is 6.92 Å². The van der Waals surface area contributed by atoms with Crippen molar-refractivity contribution in [3.8, 4) is 5.75 Å². The molecule has 0 aliphatic heterocycles. The van der Waals surface area contributed by atoms with Crippen LogP contribution in [0.2, 0.25) is 0 Å². The number of nitrogens with zero attached hydrogens (tertiary/aromatic N) is 1. The second-order valence-corrected chi connectivity index (χ2v) is 6.15. The lowest BCUT2D eigenvalue weighted by Gasteiger charge is -2.09. The summed E-state index contributed by atoms with van der Waals surface area (Å²) in [5.74, 6) is -0.577. The van der Waals surface area contributed by atoms with Crippen molar-refractivity contribution < 1.29 is 19.4 Å². The van der Waals surface area contributed by atoms with Crippen LogP contribution in [0.4, 0.5) is 0 Å². The SMILES string of the molecule is CCCCOc1ccc(C(=O)n2c(C)c(C(=O)O)c3ccccc32)cc1. The molecule has 0 unspecified atom stereocenters. The van der Waals surface area contributed by atoms with Crippen molar-refractivity contribution in [2.75, 3.05) is 6.61 Å². The van der Waals surface area contributed by atoms with Gasteiger partial charge in [-0.05, 0) is 43.7 Å². The van der Waals surface area contributed by atoms with Crippen molar-refractivity contribution in [1.29, 1.82) is 0 Å². The van der Waals surface area contributed by atoms with E-state index in [-0.39, 0.29) is 11.5 Å². The first-order valence-electron chi connectivity index (χ1n) is 8.65. The third-order valence-electron chi connectivity index (χ3n) is 4.40. The molecule has 0 atom stereocenters. The Bertz CT molecular complexity index is 954. The lowest BCUT2D eigenvalue weighted by atomic mass is 10.1. The average molecular weight is 351 g/mol. The molecule has 0 radical (unpaired) electrons. The maximum Gasteiger partial charge on any atom is 0.338 e. The Labute approximate surface area is 151 Å². The summed E-state index contributed by atoms with van der Waals surface area (Å²) in [5.41, 5.74) is 1.66. The number of unbranched alkanes of at least 4 members (excludes halogenated alkanes) is 1. The van der Waals surface area contributed by atoms with Crippen molar-refractivity contribution in [2.45, 2.75) is 26.7 Å². The van der Waals surface area contributed by atoms with Crippen molar-refractivity contribution in [1.82, 2.24) is 4.57 Å². The minimum atomic E-state index is -1.04. The number of aromatic carboxylic acids is 1. The van der Waals surface area contributed by atoms with Gasteiger partial charge in [0, 0.05) is 16.6 Å². The Morgan fingerprint density at radius 3 is 2.42 bits per heavy atom. The molecule has 1 aromatic heterocycles. The van der Waals surface area contributed by atoms with Crippen LogP contribution in [-0.2, 0) is 0 Å². The fourth-order valence-electron chi connectivity index (χ4n) is 3.06. The van der Waals surface area contributed by atoms with Gasteiger partial charge in [-0.2, -0.15) is 0 Å². The molecule has 0 aliphatic carbocycles. The number of para-hydroxylation sites is 1. The Hall–Kier alpha value is -3.08. The molecular formula is C21H21NO4. The van der Waals surface area contributed by atoms with Gasteiger partial charge in [-0.15, -0.1) is 0 Å². The quantitative estimate of drug-likeness (QED) is 0.663. The van der Waals surface area contributed by atoms with Crippen LogP contribution in [-0.4, -0.2) is 28.2 Å². The molecule has 0 saturated heterocycles. The minimum absolute atomic E-state index is 0.161. The lowest BCUT2D eigenvalue weighted by Crippen LogP contribution is -2.14. The first-order chi connectivity index (χ1) is 12.5. The monoisotopic (exact) mass is 351 g/mol. The first-order valence-corrected chi connectivity index (χ1v) is 8.65. The number of hydrogen-bond acceptors (Lipinski definition) is 3. The highest BCUT2D eigenvalue weighted by Crippen LogP contribution is 2.27. The van der Waals surface area contributed by atoms with E-state index in [9.17, 15) is 14.7 Å². The zero-order valence-electron chi connectivity index (χ0n) is 14.9. The van der Waals surface area contributed by atoms with Crippen LogP contribution < -0.4 is 4.74 Å². The molecule has 5 nitrogen and oxygen atoms in total. The maximum atomic E-state index is 13.0. The molecule has 0 bridgehead atoms. The van der Waals surface area contributed by atoms with Gasteiger partial charge < -0.3 is 9.84 Å². The predicted octanol–water partition coefficient (Wildman–Crippen LogP) is 4.52. The van der Waals surface area contributed by atoms with E-state index in [4.69, 9.17) is 4.74 Å². The minimum Gasteiger partial charge on any atom is -0.494 e. The molecule has 3 aromatic rings. The number of hydrogen-bond donors (Lipinski definition) is 1. The molecular weight excluding hydrogens is 330 g/mol. The summed E-state index contributed by atoms with van der Waals surface area (Å²) >= 11 is 0. The Morgan fingerprint density at radius 1 is 1.08 bits per heavy atom. The molecule has 0 spiro atoms. The Morgan fingerprint density at radius 2 is 1.77 bits per heavy atom. The summed E-state index contributed by atoms with van der Waals surface area (Å²) < 4.78 is 7.08. The van der Waals surface area contributed by atoms with E-state index in [1.165, 1.54) is 4.57 Å². The molecule has 0 aliphatic rings. The third-order valence-corrected chi connectivity index (χ3v) is 4.40. The molecule has 3 rings (SSSR count). The van der Waals surface area contributed by atoms with Crippen molar-refractivity contribution in [2.24, 2.45) is 0 Å². The fourth-order valence-corrected chi connectivity index (χ4v) is 3.06. The molecule has 0 saturated carbocycles. The number of rotatable bonds is 6. The van der Waals surface area contributed by atoms with Gasteiger partial charge in [-0.25, -0.2) is 4.79 Å². The van der Waals surface area contributed by atoms with E-state index in [2.05, 4.69) is 6.92 Å². The van der Waals surface area contributed by atoms with Crippen LogP contribution in [0.25, 0.3) is 10.9 Å². The number of ether oxygens (including phenoxy) is 1. The highest BCUT2D eigenvalue weighted by molar-refractivity contribution is 6.11. The fraction of sp³-hybridized carbons (Fsp3) is 0.238. The van der Waals surface area contributed by atoms with Gasteiger partial charge in [0.2, 0.25) is 0 Å². The summed E-state index contributed by atoms with van der Waals surface area (Å²) in [4.78, 5) is 24.7. The molecule has 1 heterocycles. The largest absolute Gasteiger partial charge is 0.494 e. The van der Waals surface area contributed by atoms with E-state index in [1.807, 2.05) is 0 Å². The zero-order chi connectivity index (χ0) is 18.7. The topological polar surface area (TPSA) is 68.5 Å². The molecule has 134 valence electrons. The summed E-state index contributed by atoms with van der Waals surface area (Å²) in [5, 5.41) is 10.1. The second kappa shape index (κ2) is 7.44. The zero-order valence-corrected chi connectivity index (χ0v) is 14.9. The van der Waals surface area contributed by atoms with E-state index < -0.39 is 5.97 Å². The number of carbonyl (C=O) groups excluding carboxylic acids is 1. The van der Waals surface area contributed by atoms with Gasteiger partial charge in [0.1, 0.15) is 5.75 Å². The Kier molecular flexibility index (Phi) is 5.07. The third kappa shape index (κ3) is 3.20. The van der Waals surface area contributed by atoms with Gasteiger partial charge in [0.25, 0.3) is 5.91 Å². The molecule has 26 heavy (non-hydrogen) atoms. The van der Waals surface area contributed by atoms with Gasteiger partial charge in [-0.1, -0.05) is 31.5 Å². The van der Waals surface area contributed by atoms with Crippen molar-refractivity contribution in [3.63, 3.8) is 0 Å². The van der Waals surface area contributed by atoms with Crippen LogP contribution in [0.5, 0.6) is 5.75 Å². The summed E-state index contributed by atoms with van der Waals surface area (Å²) in [6, 6.07) is 14.0. The van der Waals surface area contributed by atoms with Crippen LogP contribution in [0.1, 0.15) is 46.2 Å². The number of fused-ring (bicyclic) bond motifs is 1. The van der Waals surface area contributed by atoms with Crippen molar-refractivity contribution in [3.05, 3.63) is 65.4 Å². The normalized spacial score (nSPS) is 10.8. The summed E-state index contributed by atoms with van der Waals surface area (Å²) in [6.45, 7) is 4.40. The number of benzene rings is 2. The van der Waals surface area contributed by atoms with E-state index in [0.717, 1.165) is 18.6 Å². The van der Waals surface area contributed by atoms with Gasteiger partial charge in [0.15, 0.2) is 0 Å². The molecule has 5 heteroatoms. The van der Waals surface area contributed by atoms with Crippen molar-refractivity contribution >= 4 is 22.8 Å². The number of aromatic nitrogens is 1. The van der Waals surface area contributed by atoms with Gasteiger partial charge in [-0.3, -0.25) is 9.36 Å². The van der Waals surface area contributed by atoms with E-state index in [0.29, 0.717) is 28.8 Å². The van der Waals surface area contributed by atoms with Crippen LogP contribution in [0.15, 0.2) is 48.5 Å². The van der Waals surface area contributed by atoms with Gasteiger partial charge >= 0.3 is 5.97 Å². The summed E-state index contributed by atoms with van der Waals surface area (Å²) in [6.07, 6.45) is 2.04. The van der Waals surface area contributed by atoms with Crippen LogP contribution in [0.3, 0.4) is 0 Å². The predicted molar refractivity (Wildman–Crippen MR) is 100 cm³/mol. The highest BCUT2D eigenvalue weighted by atomic mass is 16.5. The van der Waals surface area contributed by atoms with E-state index in [1.54, 1.807) is 55.5 Å². The average Bonchev–Trinajstić information content (AvgIpc) is 2.94. The number of carboxylic acids is 1. The highest BCUT2D eigenvalue weighted by Gasteiger charge is 2.23. The molecule has 0 amide bonds. The Balaban J connectivity index is 1.98. The summed E-state index contributed by atoms with van der Waals surface area (Å²) in [7, 11) is 0. The number of carboxylic acid groups (broad SMARTS) is 1. The standard InChI is InChI=1S/C21H21NO4/c1-3-4-13-26-16-11-9-15(10-12-16)20(23)22-14(2)19(21(24)25)17-7-5-6-8-18(17)22/h5-12H,3-4,13H2,1-2H3,(H,24,25). The lowest BCUT2D eigenvalue weighted by molar-refractivity contribution is 0.0698. The van der Waals surface area contributed by atoms with Gasteiger partial charge in [0.05, 0.1) is 17.7 Å².